The SMILES string of the molecule is Cc1cc(Cl)ccc1OCCCC(=O)Oc1ccc(-c2ccc(C#N)cc2)cc1. The second-order valence-corrected chi connectivity index (χ2v) is 6.99. The Bertz CT molecular complexity index is 1020. The highest BCUT2D eigenvalue weighted by molar-refractivity contribution is 6.30. The van der Waals surface area contributed by atoms with Crippen LogP contribution in [0.1, 0.15) is 24.0 Å². The molecule has 4 nitrogen and oxygen atoms in total. The molecule has 3 rings (SSSR count). The minimum absolute atomic E-state index is 0.268. The molecule has 0 saturated carbocycles. The molecule has 0 aliphatic heterocycles. The molecule has 29 heavy (non-hydrogen) atoms. The summed E-state index contributed by atoms with van der Waals surface area (Å²) in [5.74, 6) is 0.968. The molecule has 0 unspecified atom stereocenters. The van der Waals surface area contributed by atoms with Gasteiger partial charge in [0.1, 0.15) is 11.5 Å². The quantitative estimate of drug-likeness (QED) is 0.277. The maximum atomic E-state index is 12.0. The molecule has 3 aromatic rings. The summed E-state index contributed by atoms with van der Waals surface area (Å²) < 4.78 is 11.1. The van der Waals surface area contributed by atoms with Crippen molar-refractivity contribution in [2.75, 3.05) is 6.61 Å². The van der Waals surface area contributed by atoms with Crippen LogP contribution < -0.4 is 9.47 Å². The van der Waals surface area contributed by atoms with Crippen LogP contribution >= 0.6 is 11.6 Å². The van der Waals surface area contributed by atoms with Crippen LogP contribution in [0.25, 0.3) is 11.1 Å². The average molecular weight is 406 g/mol. The molecule has 0 aliphatic carbocycles. The molecule has 0 fully saturated rings. The van der Waals surface area contributed by atoms with Gasteiger partial charge in [0.25, 0.3) is 0 Å². The van der Waals surface area contributed by atoms with Crippen LogP contribution in [0.2, 0.25) is 5.02 Å². The number of ether oxygens (including phenoxy) is 2. The molecule has 5 heteroatoms. The Morgan fingerprint density at radius 3 is 2.28 bits per heavy atom. The van der Waals surface area contributed by atoms with Crippen LogP contribution in [0.5, 0.6) is 11.5 Å². The van der Waals surface area contributed by atoms with E-state index in [9.17, 15) is 4.79 Å². The van der Waals surface area contributed by atoms with Gasteiger partial charge in [-0.1, -0.05) is 35.9 Å². The summed E-state index contributed by atoms with van der Waals surface area (Å²) in [6.45, 7) is 2.35. The highest BCUT2D eigenvalue weighted by Crippen LogP contribution is 2.24. The first-order valence-corrected chi connectivity index (χ1v) is 9.63. The van der Waals surface area contributed by atoms with Crippen molar-refractivity contribution < 1.29 is 14.3 Å². The lowest BCUT2D eigenvalue weighted by atomic mass is 10.0. The van der Waals surface area contributed by atoms with Gasteiger partial charge in [-0.3, -0.25) is 4.79 Å². The molecule has 0 radical (unpaired) electrons. The first-order chi connectivity index (χ1) is 14.0. The van der Waals surface area contributed by atoms with Crippen molar-refractivity contribution in [3.63, 3.8) is 0 Å². The largest absolute Gasteiger partial charge is 0.493 e. The second kappa shape index (κ2) is 9.77. The van der Waals surface area contributed by atoms with Gasteiger partial charge in [-0.2, -0.15) is 5.26 Å². The lowest BCUT2D eigenvalue weighted by molar-refractivity contribution is -0.134. The number of esters is 1. The van der Waals surface area contributed by atoms with E-state index in [0.717, 1.165) is 22.4 Å². The second-order valence-electron chi connectivity index (χ2n) is 6.55. The van der Waals surface area contributed by atoms with E-state index in [1.807, 2.05) is 43.3 Å². The Labute approximate surface area is 175 Å². The summed E-state index contributed by atoms with van der Waals surface area (Å²) in [6.07, 6.45) is 0.828. The van der Waals surface area contributed by atoms with E-state index in [2.05, 4.69) is 6.07 Å². The molecule has 0 bridgehead atoms. The molecular weight excluding hydrogens is 386 g/mol. The van der Waals surface area contributed by atoms with E-state index >= 15 is 0 Å². The van der Waals surface area contributed by atoms with Gasteiger partial charge in [0.2, 0.25) is 0 Å². The summed E-state index contributed by atoms with van der Waals surface area (Å²) in [7, 11) is 0. The highest BCUT2D eigenvalue weighted by Gasteiger charge is 2.07. The zero-order chi connectivity index (χ0) is 20.6. The van der Waals surface area contributed by atoms with Gasteiger partial charge < -0.3 is 9.47 Å². The van der Waals surface area contributed by atoms with Crippen molar-refractivity contribution in [3.8, 4) is 28.7 Å². The number of benzene rings is 3. The number of hydrogen-bond acceptors (Lipinski definition) is 4. The van der Waals surface area contributed by atoms with E-state index in [1.165, 1.54) is 0 Å². The van der Waals surface area contributed by atoms with Crippen LogP contribution in [-0.2, 0) is 4.79 Å². The van der Waals surface area contributed by atoms with Crippen molar-refractivity contribution in [1.29, 1.82) is 5.26 Å². The maximum Gasteiger partial charge on any atom is 0.311 e. The molecule has 3 aromatic carbocycles. The van der Waals surface area contributed by atoms with Crippen molar-refractivity contribution in [2.24, 2.45) is 0 Å². The fourth-order valence-corrected chi connectivity index (χ4v) is 3.04. The first-order valence-electron chi connectivity index (χ1n) is 9.25. The van der Waals surface area contributed by atoms with E-state index in [4.69, 9.17) is 26.3 Å². The number of carbonyl (C=O) groups excluding carboxylic acids is 1. The van der Waals surface area contributed by atoms with Crippen molar-refractivity contribution in [3.05, 3.63) is 82.9 Å². The van der Waals surface area contributed by atoms with Gasteiger partial charge in [0.15, 0.2) is 0 Å². The predicted octanol–water partition coefficient (Wildman–Crippen LogP) is 5.95. The van der Waals surface area contributed by atoms with Gasteiger partial charge in [-0.25, -0.2) is 0 Å². The summed E-state index contributed by atoms with van der Waals surface area (Å²) >= 11 is 5.93. The molecule has 0 heterocycles. The summed E-state index contributed by atoms with van der Waals surface area (Å²) in [4.78, 5) is 12.0. The molecular formula is C24H20ClNO3. The van der Waals surface area contributed by atoms with Gasteiger partial charge in [0.05, 0.1) is 18.2 Å². The molecule has 0 N–H and O–H groups in total. The Morgan fingerprint density at radius 1 is 1.00 bits per heavy atom. The zero-order valence-electron chi connectivity index (χ0n) is 16.0. The molecule has 0 saturated heterocycles. The Balaban J connectivity index is 1.46. The van der Waals surface area contributed by atoms with Crippen molar-refractivity contribution in [2.45, 2.75) is 19.8 Å². The Kier molecular flexibility index (Phi) is 6.89. The Morgan fingerprint density at radius 2 is 1.66 bits per heavy atom. The van der Waals surface area contributed by atoms with Crippen LogP contribution in [0.15, 0.2) is 66.7 Å². The molecule has 0 atom stereocenters. The minimum atomic E-state index is -0.299. The third kappa shape index (κ3) is 5.84. The lowest BCUT2D eigenvalue weighted by Crippen LogP contribution is -2.10. The number of aryl methyl sites for hydroxylation is 1. The van der Waals surface area contributed by atoms with Crippen LogP contribution in [0.4, 0.5) is 0 Å². The van der Waals surface area contributed by atoms with Gasteiger partial charge in [-0.05, 0) is 72.5 Å². The normalized spacial score (nSPS) is 10.2. The number of carbonyl (C=O) groups is 1. The third-order valence-corrected chi connectivity index (χ3v) is 4.59. The van der Waals surface area contributed by atoms with E-state index < -0.39 is 0 Å². The summed E-state index contributed by atoms with van der Waals surface area (Å²) in [6, 6.07) is 22.2. The first kappa shape index (κ1) is 20.4. The number of rotatable bonds is 7. The predicted molar refractivity (Wildman–Crippen MR) is 113 cm³/mol. The van der Waals surface area contributed by atoms with Crippen LogP contribution in [0.3, 0.4) is 0 Å². The summed E-state index contributed by atoms with van der Waals surface area (Å²) in [5.41, 5.74) is 3.56. The lowest BCUT2D eigenvalue weighted by Gasteiger charge is -2.09. The molecule has 0 aliphatic rings. The van der Waals surface area contributed by atoms with E-state index in [1.54, 1.807) is 30.3 Å². The van der Waals surface area contributed by atoms with E-state index in [0.29, 0.717) is 29.4 Å². The van der Waals surface area contributed by atoms with Crippen molar-refractivity contribution >= 4 is 17.6 Å². The van der Waals surface area contributed by atoms with E-state index in [-0.39, 0.29) is 12.4 Å². The van der Waals surface area contributed by atoms with Crippen molar-refractivity contribution in [1.82, 2.24) is 0 Å². The number of nitrogens with zero attached hydrogens (tertiary/aromatic N) is 1. The molecule has 0 spiro atoms. The monoisotopic (exact) mass is 405 g/mol. The number of halogens is 1. The van der Waals surface area contributed by atoms with Gasteiger partial charge in [0, 0.05) is 11.4 Å². The standard InChI is InChI=1S/C24H20ClNO3/c1-17-15-21(25)10-13-23(17)28-14-2-3-24(27)29-22-11-8-20(9-12-22)19-6-4-18(16-26)5-7-19/h4-13,15H,2-3,14H2,1H3. The zero-order valence-corrected chi connectivity index (χ0v) is 16.8. The van der Waals surface area contributed by atoms with Gasteiger partial charge in [-0.15, -0.1) is 0 Å². The number of nitriles is 1. The summed E-state index contributed by atoms with van der Waals surface area (Å²) in [5, 5.41) is 9.54. The van der Waals surface area contributed by atoms with Crippen LogP contribution in [0, 0.1) is 18.3 Å². The van der Waals surface area contributed by atoms with Crippen LogP contribution in [-0.4, -0.2) is 12.6 Å². The fraction of sp³-hybridized carbons (Fsp3) is 0.167. The number of hydrogen-bond donors (Lipinski definition) is 0. The topological polar surface area (TPSA) is 59.3 Å². The molecule has 0 aromatic heterocycles. The smallest absolute Gasteiger partial charge is 0.311 e. The minimum Gasteiger partial charge on any atom is -0.493 e. The molecule has 146 valence electrons. The highest BCUT2D eigenvalue weighted by atomic mass is 35.5. The third-order valence-electron chi connectivity index (χ3n) is 4.35. The fourth-order valence-electron chi connectivity index (χ4n) is 2.81. The Hall–Kier alpha value is -3.29. The maximum absolute atomic E-state index is 12.0. The van der Waals surface area contributed by atoms with Gasteiger partial charge >= 0.3 is 5.97 Å². The molecule has 0 amide bonds. The average Bonchev–Trinajstić information content (AvgIpc) is 2.73.